The van der Waals surface area contributed by atoms with Gasteiger partial charge in [0.25, 0.3) is 5.91 Å². The standard InChI is InChI=1S/C14H14N4O2/c1-9-4-5-10(13(15)18-20)7-12(9)17-14(19)11-3-2-6-16-8-11/h2-8,20H,1H3,(H2,15,18)(H,17,19). The zero-order valence-corrected chi connectivity index (χ0v) is 10.9. The molecule has 0 bridgehead atoms. The fourth-order valence-corrected chi connectivity index (χ4v) is 1.67. The van der Waals surface area contributed by atoms with Crippen LogP contribution in [0.4, 0.5) is 5.69 Å². The number of oxime groups is 1. The molecule has 1 aromatic heterocycles. The molecule has 0 spiro atoms. The van der Waals surface area contributed by atoms with Crippen LogP contribution in [0.3, 0.4) is 0 Å². The smallest absolute Gasteiger partial charge is 0.257 e. The molecule has 0 unspecified atom stereocenters. The predicted octanol–water partition coefficient (Wildman–Crippen LogP) is 1.74. The molecule has 6 heteroatoms. The van der Waals surface area contributed by atoms with Crippen LogP contribution >= 0.6 is 0 Å². The first-order valence-corrected chi connectivity index (χ1v) is 5.91. The van der Waals surface area contributed by atoms with Crippen molar-refractivity contribution in [1.82, 2.24) is 4.98 Å². The van der Waals surface area contributed by atoms with Crippen LogP contribution in [0, 0.1) is 6.92 Å². The number of hydrogen-bond donors (Lipinski definition) is 3. The number of aromatic nitrogens is 1. The lowest BCUT2D eigenvalue weighted by Gasteiger charge is -2.10. The van der Waals surface area contributed by atoms with Crippen LogP contribution in [0.5, 0.6) is 0 Å². The van der Waals surface area contributed by atoms with Crippen LogP contribution in [0.15, 0.2) is 47.9 Å². The quantitative estimate of drug-likeness (QED) is 0.342. The molecule has 20 heavy (non-hydrogen) atoms. The van der Waals surface area contributed by atoms with Gasteiger partial charge < -0.3 is 16.3 Å². The van der Waals surface area contributed by atoms with Crippen molar-refractivity contribution in [1.29, 1.82) is 0 Å². The summed E-state index contributed by atoms with van der Waals surface area (Å²) >= 11 is 0. The number of rotatable bonds is 3. The molecular weight excluding hydrogens is 256 g/mol. The SMILES string of the molecule is Cc1ccc(C(N)=NO)cc1NC(=O)c1cccnc1. The molecule has 0 aliphatic carbocycles. The van der Waals surface area contributed by atoms with E-state index in [4.69, 9.17) is 10.9 Å². The van der Waals surface area contributed by atoms with Crippen molar-refractivity contribution in [3.63, 3.8) is 0 Å². The minimum atomic E-state index is -0.266. The van der Waals surface area contributed by atoms with Gasteiger partial charge in [-0.05, 0) is 30.7 Å². The molecule has 2 aromatic rings. The van der Waals surface area contributed by atoms with E-state index in [1.807, 2.05) is 6.92 Å². The van der Waals surface area contributed by atoms with Gasteiger partial charge in [-0.1, -0.05) is 17.3 Å². The molecule has 0 saturated carbocycles. The van der Waals surface area contributed by atoms with Gasteiger partial charge in [-0.2, -0.15) is 0 Å². The fraction of sp³-hybridized carbons (Fsp3) is 0.0714. The molecule has 1 amide bonds. The lowest BCUT2D eigenvalue weighted by Crippen LogP contribution is -2.16. The second kappa shape index (κ2) is 5.83. The van der Waals surface area contributed by atoms with E-state index in [-0.39, 0.29) is 11.7 Å². The third kappa shape index (κ3) is 2.92. The number of nitrogens with two attached hydrogens (primary N) is 1. The van der Waals surface area contributed by atoms with E-state index in [1.165, 1.54) is 6.20 Å². The summed E-state index contributed by atoms with van der Waals surface area (Å²) in [5, 5.41) is 14.4. The van der Waals surface area contributed by atoms with Crippen LogP contribution in [0.1, 0.15) is 21.5 Å². The Bertz CT molecular complexity index is 653. The molecule has 1 aromatic carbocycles. The first kappa shape index (κ1) is 13.5. The van der Waals surface area contributed by atoms with Crippen molar-refractivity contribution in [3.05, 3.63) is 59.4 Å². The molecule has 0 aliphatic heterocycles. The zero-order chi connectivity index (χ0) is 14.5. The molecule has 1 heterocycles. The summed E-state index contributed by atoms with van der Waals surface area (Å²) < 4.78 is 0. The number of nitrogens with zero attached hydrogens (tertiary/aromatic N) is 2. The second-order valence-electron chi connectivity index (χ2n) is 4.21. The van der Waals surface area contributed by atoms with Crippen molar-refractivity contribution >= 4 is 17.4 Å². The van der Waals surface area contributed by atoms with E-state index in [0.717, 1.165) is 5.56 Å². The van der Waals surface area contributed by atoms with Crippen molar-refractivity contribution in [2.24, 2.45) is 10.9 Å². The third-order valence-corrected chi connectivity index (χ3v) is 2.81. The van der Waals surface area contributed by atoms with Gasteiger partial charge >= 0.3 is 0 Å². The van der Waals surface area contributed by atoms with Gasteiger partial charge in [0.15, 0.2) is 5.84 Å². The van der Waals surface area contributed by atoms with E-state index < -0.39 is 0 Å². The summed E-state index contributed by atoms with van der Waals surface area (Å²) in [4.78, 5) is 16.0. The maximum Gasteiger partial charge on any atom is 0.257 e. The molecule has 102 valence electrons. The minimum absolute atomic E-state index is 0.0122. The highest BCUT2D eigenvalue weighted by atomic mass is 16.4. The van der Waals surface area contributed by atoms with E-state index in [1.54, 1.807) is 36.5 Å². The monoisotopic (exact) mass is 270 g/mol. The summed E-state index contributed by atoms with van der Waals surface area (Å²) in [6.07, 6.45) is 3.08. The molecular formula is C14H14N4O2. The Hall–Kier alpha value is -2.89. The molecule has 6 nitrogen and oxygen atoms in total. The Balaban J connectivity index is 2.27. The lowest BCUT2D eigenvalue weighted by atomic mass is 10.1. The highest BCUT2D eigenvalue weighted by molar-refractivity contribution is 6.05. The Morgan fingerprint density at radius 3 is 2.80 bits per heavy atom. The van der Waals surface area contributed by atoms with Crippen LogP contribution in [0.2, 0.25) is 0 Å². The van der Waals surface area contributed by atoms with Gasteiger partial charge in [-0.25, -0.2) is 0 Å². The Morgan fingerprint density at radius 1 is 1.35 bits per heavy atom. The molecule has 4 N–H and O–H groups in total. The zero-order valence-electron chi connectivity index (χ0n) is 10.9. The molecule has 0 saturated heterocycles. The molecule has 0 atom stereocenters. The largest absolute Gasteiger partial charge is 0.409 e. The number of carbonyl (C=O) groups excluding carboxylic acids is 1. The number of pyridine rings is 1. The van der Waals surface area contributed by atoms with Crippen LogP contribution in [0.25, 0.3) is 0 Å². The topological polar surface area (TPSA) is 101 Å². The maximum absolute atomic E-state index is 12.1. The number of amides is 1. The van der Waals surface area contributed by atoms with Crippen molar-refractivity contribution in [2.45, 2.75) is 6.92 Å². The lowest BCUT2D eigenvalue weighted by molar-refractivity contribution is 0.102. The number of carbonyl (C=O) groups is 1. The highest BCUT2D eigenvalue weighted by Gasteiger charge is 2.09. The van der Waals surface area contributed by atoms with Crippen molar-refractivity contribution < 1.29 is 10.0 Å². The summed E-state index contributed by atoms with van der Waals surface area (Å²) in [5.41, 5.74) is 7.99. The average Bonchev–Trinajstić information content (AvgIpc) is 2.49. The van der Waals surface area contributed by atoms with Crippen molar-refractivity contribution in [3.8, 4) is 0 Å². The number of aryl methyl sites for hydroxylation is 1. The van der Waals surface area contributed by atoms with E-state index in [0.29, 0.717) is 16.8 Å². The van der Waals surface area contributed by atoms with Gasteiger partial charge in [0, 0.05) is 23.6 Å². The predicted molar refractivity (Wildman–Crippen MR) is 75.9 cm³/mol. The maximum atomic E-state index is 12.1. The van der Waals surface area contributed by atoms with Crippen LogP contribution in [-0.2, 0) is 0 Å². The Kier molecular flexibility index (Phi) is 3.95. The third-order valence-electron chi connectivity index (χ3n) is 2.81. The molecule has 2 rings (SSSR count). The average molecular weight is 270 g/mol. The van der Waals surface area contributed by atoms with E-state index in [2.05, 4.69) is 15.5 Å². The van der Waals surface area contributed by atoms with Crippen molar-refractivity contribution in [2.75, 3.05) is 5.32 Å². The minimum Gasteiger partial charge on any atom is -0.409 e. The van der Waals surface area contributed by atoms with Gasteiger partial charge in [0.05, 0.1) is 5.56 Å². The number of benzene rings is 1. The summed E-state index contributed by atoms with van der Waals surface area (Å²) in [6.45, 7) is 1.86. The van der Waals surface area contributed by atoms with Crippen LogP contribution < -0.4 is 11.1 Å². The molecule has 0 aliphatic rings. The number of amidine groups is 1. The first-order chi connectivity index (χ1) is 9.61. The second-order valence-corrected chi connectivity index (χ2v) is 4.21. The van der Waals surface area contributed by atoms with Crippen LogP contribution in [-0.4, -0.2) is 21.9 Å². The Labute approximate surface area is 115 Å². The fourth-order valence-electron chi connectivity index (χ4n) is 1.67. The normalized spacial score (nSPS) is 11.2. The van der Waals surface area contributed by atoms with Gasteiger partial charge in [-0.15, -0.1) is 0 Å². The van der Waals surface area contributed by atoms with E-state index in [9.17, 15) is 4.79 Å². The van der Waals surface area contributed by atoms with Gasteiger partial charge in [0.1, 0.15) is 0 Å². The Morgan fingerprint density at radius 2 is 2.15 bits per heavy atom. The number of hydrogen-bond acceptors (Lipinski definition) is 4. The first-order valence-electron chi connectivity index (χ1n) is 5.91. The highest BCUT2D eigenvalue weighted by Crippen LogP contribution is 2.17. The van der Waals surface area contributed by atoms with Gasteiger partial charge in [-0.3, -0.25) is 9.78 Å². The molecule has 0 fully saturated rings. The summed E-state index contributed by atoms with van der Waals surface area (Å²) in [5.74, 6) is -0.278. The number of anilines is 1. The molecule has 0 radical (unpaired) electrons. The number of nitrogens with one attached hydrogen (secondary N) is 1. The van der Waals surface area contributed by atoms with E-state index >= 15 is 0 Å². The summed E-state index contributed by atoms with van der Waals surface area (Å²) in [6, 6.07) is 8.51. The van der Waals surface area contributed by atoms with Gasteiger partial charge in [0.2, 0.25) is 0 Å². The summed E-state index contributed by atoms with van der Waals surface area (Å²) in [7, 11) is 0.